The third kappa shape index (κ3) is 3.88. The quantitative estimate of drug-likeness (QED) is 0.835. The van der Waals surface area contributed by atoms with Crippen LogP contribution in [-0.2, 0) is 11.2 Å². The molecule has 0 bridgehead atoms. The van der Waals surface area contributed by atoms with Crippen LogP contribution >= 0.6 is 0 Å². The number of pyridine rings is 1. The van der Waals surface area contributed by atoms with E-state index >= 15 is 0 Å². The second-order valence-corrected chi connectivity index (χ2v) is 6.21. The highest BCUT2D eigenvalue weighted by atomic mass is 16.5. The number of hydrogen-bond donors (Lipinski definition) is 2. The monoisotopic (exact) mass is 331 g/mol. The molecular weight excluding hydrogens is 306 g/mol. The SMILES string of the molecule is C=C1C(O)=C(C(=O)NC(C)CCc2cnc(OC)c(C)c2)CN1C. The summed E-state index contributed by atoms with van der Waals surface area (Å²) in [4.78, 5) is 18.3. The molecule has 130 valence electrons. The van der Waals surface area contributed by atoms with Crippen molar-refractivity contribution in [2.45, 2.75) is 32.7 Å². The predicted molar refractivity (Wildman–Crippen MR) is 92.9 cm³/mol. The summed E-state index contributed by atoms with van der Waals surface area (Å²) in [5.74, 6) is 0.375. The number of aryl methyl sites for hydroxylation is 2. The second kappa shape index (κ2) is 7.38. The highest BCUT2D eigenvalue weighted by Gasteiger charge is 2.27. The van der Waals surface area contributed by atoms with Crippen LogP contribution in [0.4, 0.5) is 0 Å². The van der Waals surface area contributed by atoms with Crippen LogP contribution in [0, 0.1) is 6.92 Å². The van der Waals surface area contributed by atoms with Crippen LogP contribution in [0.3, 0.4) is 0 Å². The molecule has 1 unspecified atom stereocenters. The normalized spacial score (nSPS) is 15.7. The first-order chi connectivity index (χ1) is 11.3. The highest BCUT2D eigenvalue weighted by molar-refractivity contribution is 5.95. The highest BCUT2D eigenvalue weighted by Crippen LogP contribution is 2.23. The summed E-state index contributed by atoms with van der Waals surface area (Å²) in [6, 6.07) is 2.03. The van der Waals surface area contributed by atoms with Crippen LogP contribution in [-0.4, -0.2) is 47.6 Å². The van der Waals surface area contributed by atoms with E-state index in [4.69, 9.17) is 4.74 Å². The average Bonchev–Trinajstić information content (AvgIpc) is 2.80. The van der Waals surface area contributed by atoms with E-state index in [0.717, 1.165) is 24.0 Å². The minimum atomic E-state index is -0.241. The molecule has 1 aromatic rings. The number of amides is 1. The fraction of sp³-hybridized carbons (Fsp3) is 0.444. The van der Waals surface area contributed by atoms with E-state index in [1.54, 1.807) is 25.3 Å². The maximum Gasteiger partial charge on any atom is 0.253 e. The van der Waals surface area contributed by atoms with Crippen LogP contribution < -0.4 is 10.1 Å². The van der Waals surface area contributed by atoms with Gasteiger partial charge in [0.1, 0.15) is 5.76 Å². The molecule has 0 aromatic carbocycles. The Morgan fingerprint density at radius 2 is 2.29 bits per heavy atom. The van der Waals surface area contributed by atoms with Gasteiger partial charge >= 0.3 is 0 Å². The molecule has 2 N–H and O–H groups in total. The fourth-order valence-corrected chi connectivity index (χ4v) is 2.68. The van der Waals surface area contributed by atoms with Crippen molar-refractivity contribution in [2.75, 3.05) is 20.7 Å². The number of nitrogens with one attached hydrogen (secondary N) is 1. The van der Waals surface area contributed by atoms with E-state index in [-0.39, 0.29) is 17.7 Å². The van der Waals surface area contributed by atoms with E-state index in [2.05, 4.69) is 16.9 Å². The number of methoxy groups -OCH3 is 1. The molecule has 0 fully saturated rings. The number of rotatable bonds is 6. The van der Waals surface area contributed by atoms with Crippen molar-refractivity contribution in [3.63, 3.8) is 0 Å². The zero-order chi connectivity index (χ0) is 17.9. The molecule has 1 atom stereocenters. The Bertz CT molecular complexity index is 682. The third-order valence-corrected chi connectivity index (χ3v) is 4.21. The lowest BCUT2D eigenvalue weighted by molar-refractivity contribution is -0.118. The van der Waals surface area contributed by atoms with Gasteiger partial charge in [-0.3, -0.25) is 4.79 Å². The van der Waals surface area contributed by atoms with Gasteiger partial charge < -0.3 is 20.1 Å². The molecule has 2 rings (SSSR count). The van der Waals surface area contributed by atoms with E-state index in [9.17, 15) is 9.90 Å². The molecule has 1 aliphatic rings. The van der Waals surface area contributed by atoms with E-state index in [1.165, 1.54) is 0 Å². The number of ether oxygens (including phenoxy) is 1. The van der Waals surface area contributed by atoms with Gasteiger partial charge in [-0.05, 0) is 38.3 Å². The Morgan fingerprint density at radius 3 is 2.83 bits per heavy atom. The summed E-state index contributed by atoms with van der Waals surface area (Å²) < 4.78 is 5.15. The lowest BCUT2D eigenvalue weighted by Gasteiger charge is -2.15. The Kier molecular flexibility index (Phi) is 5.49. The van der Waals surface area contributed by atoms with Gasteiger partial charge in [-0.25, -0.2) is 4.98 Å². The van der Waals surface area contributed by atoms with Gasteiger partial charge in [0, 0.05) is 24.8 Å². The van der Waals surface area contributed by atoms with Crippen LogP contribution in [0.5, 0.6) is 5.88 Å². The molecule has 0 spiro atoms. The summed E-state index contributed by atoms with van der Waals surface area (Å²) in [5, 5.41) is 12.9. The minimum Gasteiger partial charge on any atom is -0.505 e. The predicted octanol–water partition coefficient (Wildman–Crippen LogP) is 2.11. The van der Waals surface area contributed by atoms with E-state index in [1.807, 2.05) is 19.9 Å². The van der Waals surface area contributed by atoms with Gasteiger partial charge in [-0.1, -0.05) is 6.58 Å². The molecule has 1 aliphatic heterocycles. The van der Waals surface area contributed by atoms with Crippen molar-refractivity contribution in [3.8, 4) is 5.88 Å². The van der Waals surface area contributed by atoms with Gasteiger partial charge in [-0.15, -0.1) is 0 Å². The fourth-order valence-electron chi connectivity index (χ4n) is 2.68. The summed E-state index contributed by atoms with van der Waals surface area (Å²) in [6.07, 6.45) is 3.38. The zero-order valence-electron chi connectivity index (χ0n) is 14.7. The largest absolute Gasteiger partial charge is 0.505 e. The van der Waals surface area contributed by atoms with Crippen molar-refractivity contribution in [1.29, 1.82) is 0 Å². The number of carbonyl (C=O) groups is 1. The van der Waals surface area contributed by atoms with Crippen LogP contribution in [0.2, 0.25) is 0 Å². The molecule has 2 heterocycles. The summed E-state index contributed by atoms with van der Waals surface area (Å²) in [5.41, 5.74) is 2.95. The van der Waals surface area contributed by atoms with Crippen molar-refractivity contribution >= 4 is 5.91 Å². The van der Waals surface area contributed by atoms with Crippen molar-refractivity contribution in [3.05, 3.63) is 47.0 Å². The lowest BCUT2D eigenvalue weighted by atomic mass is 10.1. The maximum atomic E-state index is 12.3. The van der Waals surface area contributed by atoms with Gasteiger partial charge in [0.05, 0.1) is 24.9 Å². The molecule has 0 saturated heterocycles. The topological polar surface area (TPSA) is 74.7 Å². The Labute approximate surface area is 142 Å². The summed E-state index contributed by atoms with van der Waals surface area (Å²) in [7, 11) is 3.40. The van der Waals surface area contributed by atoms with Crippen molar-refractivity contribution in [1.82, 2.24) is 15.2 Å². The summed E-state index contributed by atoms with van der Waals surface area (Å²) >= 11 is 0. The average molecular weight is 331 g/mol. The van der Waals surface area contributed by atoms with Crippen LogP contribution in [0.15, 0.2) is 35.9 Å². The molecule has 6 nitrogen and oxygen atoms in total. The molecule has 1 amide bonds. The van der Waals surface area contributed by atoms with Gasteiger partial charge in [0.2, 0.25) is 5.88 Å². The number of likely N-dealkylation sites (N-methyl/N-ethyl adjacent to an activating group) is 1. The van der Waals surface area contributed by atoms with E-state index < -0.39 is 0 Å². The molecule has 24 heavy (non-hydrogen) atoms. The molecule has 6 heteroatoms. The lowest BCUT2D eigenvalue weighted by Crippen LogP contribution is -2.35. The van der Waals surface area contributed by atoms with E-state index in [0.29, 0.717) is 23.7 Å². The molecule has 0 saturated carbocycles. The Hall–Kier alpha value is -2.50. The third-order valence-electron chi connectivity index (χ3n) is 4.21. The van der Waals surface area contributed by atoms with Gasteiger partial charge in [-0.2, -0.15) is 0 Å². The standard InChI is InChI=1S/C18H25N3O3/c1-11-8-14(9-19-18(11)24-5)7-6-12(2)20-17(23)15-10-21(4)13(3)16(15)22/h8-9,12,22H,3,6-7,10H2,1-2,4-5H3,(H,20,23). The van der Waals surface area contributed by atoms with Gasteiger partial charge in [0.15, 0.2) is 0 Å². The van der Waals surface area contributed by atoms with Crippen molar-refractivity contribution in [2.24, 2.45) is 0 Å². The zero-order valence-corrected chi connectivity index (χ0v) is 14.7. The molecular formula is C18H25N3O3. The molecule has 1 aromatic heterocycles. The second-order valence-electron chi connectivity index (χ2n) is 6.21. The molecule has 0 aliphatic carbocycles. The summed E-state index contributed by atoms with van der Waals surface area (Å²) in [6.45, 7) is 8.04. The number of hydrogen-bond acceptors (Lipinski definition) is 5. The first-order valence-corrected chi connectivity index (χ1v) is 7.96. The number of aliphatic hydroxyl groups excluding tert-OH is 1. The minimum absolute atomic E-state index is 0.0145. The number of aromatic nitrogens is 1. The number of carbonyl (C=O) groups excluding carboxylic acids is 1. The Balaban J connectivity index is 1.89. The van der Waals surface area contributed by atoms with Crippen LogP contribution in [0.25, 0.3) is 0 Å². The first-order valence-electron chi connectivity index (χ1n) is 7.96. The number of aliphatic hydroxyl groups is 1. The van der Waals surface area contributed by atoms with Crippen LogP contribution in [0.1, 0.15) is 24.5 Å². The Morgan fingerprint density at radius 1 is 1.58 bits per heavy atom. The van der Waals surface area contributed by atoms with Crippen molar-refractivity contribution < 1.29 is 14.6 Å². The molecule has 0 radical (unpaired) electrons. The number of nitrogens with zero attached hydrogens (tertiary/aromatic N) is 2. The first kappa shape index (κ1) is 17.8. The van der Waals surface area contributed by atoms with Gasteiger partial charge in [0.25, 0.3) is 5.91 Å². The smallest absolute Gasteiger partial charge is 0.253 e. The maximum absolute atomic E-state index is 12.3.